The van der Waals surface area contributed by atoms with E-state index in [-0.39, 0.29) is 51.6 Å². The Morgan fingerprint density at radius 1 is 1.17 bits per heavy atom. The number of anilines is 1. The molecular weight excluding hydrogens is 538 g/mol. The third kappa shape index (κ3) is 3.91. The highest BCUT2D eigenvalue weighted by atomic mass is 19.1. The zero-order chi connectivity index (χ0) is 30.4. The topological polar surface area (TPSA) is 86.6 Å². The van der Waals surface area contributed by atoms with Crippen LogP contribution in [0.4, 0.5) is 14.6 Å². The molecule has 0 radical (unpaired) electrons. The molecule has 8 nitrogen and oxygen atoms in total. The first kappa shape index (κ1) is 23.5. The molecule has 2 unspecified atom stereocenters. The van der Waals surface area contributed by atoms with Gasteiger partial charge in [0.05, 0.1) is 19.2 Å². The van der Waals surface area contributed by atoms with Crippen molar-refractivity contribution in [1.82, 2.24) is 25.2 Å². The van der Waals surface area contributed by atoms with Crippen LogP contribution in [0.3, 0.4) is 0 Å². The van der Waals surface area contributed by atoms with Crippen LogP contribution in [0.5, 0.6) is 11.8 Å². The van der Waals surface area contributed by atoms with Gasteiger partial charge in [0, 0.05) is 42.3 Å². The first-order valence-electron chi connectivity index (χ1n) is 15.4. The molecule has 5 fully saturated rings. The van der Waals surface area contributed by atoms with Gasteiger partial charge in [0.2, 0.25) is 0 Å². The van der Waals surface area contributed by atoms with Crippen molar-refractivity contribution < 1.29 is 21.4 Å². The first-order valence-corrected chi connectivity index (χ1v) is 14.4. The van der Waals surface area contributed by atoms with Gasteiger partial charge in [0.25, 0.3) is 0 Å². The molecule has 5 saturated heterocycles. The molecular formula is C32H30F2N6O2. The van der Waals surface area contributed by atoms with E-state index in [9.17, 15) is 9.50 Å². The first-order chi connectivity index (χ1) is 21.2. The molecule has 2 aromatic heterocycles. The number of benzene rings is 2. The van der Waals surface area contributed by atoms with Crippen molar-refractivity contribution in [2.45, 2.75) is 49.7 Å². The zero-order valence-corrected chi connectivity index (χ0v) is 22.8. The zero-order valence-electron chi connectivity index (χ0n) is 24.8. The molecule has 4 aromatic rings. The van der Waals surface area contributed by atoms with Crippen molar-refractivity contribution in [2.75, 3.05) is 37.6 Å². The molecule has 2 N–H and O–H groups in total. The number of fused-ring (bicyclic) bond motifs is 5. The normalized spacial score (nSPS) is 23.8. The molecule has 10 heteroatoms. The summed E-state index contributed by atoms with van der Waals surface area (Å²) in [5.41, 5.74) is -1.05. The average molecular weight is 571 g/mol. The van der Waals surface area contributed by atoms with Crippen LogP contribution in [0.25, 0.3) is 32.9 Å². The molecule has 5 aliphatic heterocycles. The highest BCUT2D eigenvalue weighted by Crippen LogP contribution is 2.41. The number of nitrogens with one attached hydrogen (secondary N) is 1. The maximum absolute atomic E-state index is 16.7. The number of phenols is 1. The number of aromatic nitrogens is 3. The van der Waals surface area contributed by atoms with Crippen LogP contribution < -0.4 is 15.0 Å². The summed E-state index contributed by atoms with van der Waals surface area (Å²) < 4.78 is 55.7. The van der Waals surface area contributed by atoms with Crippen molar-refractivity contribution in [1.29, 1.82) is 0 Å². The Morgan fingerprint density at radius 2 is 1.93 bits per heavy atom. The monoisotopic (exact) mass is 570 g/mol. The van der Waals surface area contributed by atoms with Crippen LogP contribution in [0, 0.1) is 24.0 Å². The lowest BCUT2D eigenvalue weighted by Gasteiger charge is -2.48. The second-order valence-electron chi connectivity index (χ2n) is 11.8. The summed E-state index contributed by atoms with van der Waals surface area (Å²) in [7, 11) is 0. The van der Waals surface area contributed by atoms with Crippen LogP contribution >= 0.6 is 0 Å². The van der Waals surface area contributed by atoms with E-state index in [2.05, 4.69) is 31.1 Å². The van der Waals surface area contributed by atoms with Gasteiger partial charge in [0.15, 0.2) is 5.82 Å². The Balaban J connectivity index is 1.31. The maximum atomic E-state index is 16.7. The molecule has 0 amide bonds. The second-order valence-corrected chi connectivity index (χ2v) is 11.8. The summed E-state index contributed by atoms with van der Waals surface area (Å²) in [6.45, 7) is 0.760. The quantitative estimate of drug-likeness (QED) is 0.343. The SMILES string of the molecule is [2H]C([2H])(Oc1nc(N2CC3CC(C2)N3)c2cnc(-c3cc(O)cc4ccc(F)c(C#C)c34)c(F)c2n1)C12CCCN1CCC2. The van der Waals surface area contributed by atoms with Crippen molar-refractivity contribution in [3.05, 3.63) is 47.7 Å². The minimum absolute atomic E-state index is 0.0728. The van der Waals surface area contributed by atoms with Crippen LogP contribution in [-0.4, -0.2) is 75.3 Å². The van der Waals surface area contributed by atoms with Crippen molar-refractivity contribution >= 4 is 27.5 Å². The van der Waals surface area contributed by atoms with E-state index in [1.54, 1.807) is 0 Å². The van der Waals surface area contributed by atoms with Gasteiger partial charge in [-0.15, -0.1) is 6.42 Å². The summed E-state index contributed by atoms with van der Waals surface area (Å²) in [5, 5.41) is 15.0. The van der Waals surface area contributed by atoms with Gasteiger partial charge in [-0.3, -0.25) is 9.88 Å². The van der Waals surface area contributed by atoms with E-state index in [0.717, 1.165) is 32.4 Å². The van der Waals surface area contributed by atoms with E-state index in [1.807, 2.05) is 4.90 Å². The molecule has 5 aliphatic rings. The third-order valence-electron chi connectivity index (χ3n) is 9.29. The van der Waals surface area contributed by atoms with E-state index < -0.39 is 23.7 Å². The van der Waals surface area contributed by atoms with Crippen LogP contribution in [0.1, 0.15) is 40.4 Å². The lowest BCUT2D eigenvalue weighted by molar-refractivity contribution is 0.107. The van der Waals surface area contributed by atoms with Gasteiger partial charge in [-0.05, 0) is 68.8 Å². The predicted octanol–water partition coefficient (Wildman–Crippen LogP) is 4.37. The summed E-state index contributed by atoms with van der Waals surface area (Å²) in [5.74, 6) is 1.11. The summed E-state index contributed by atoms with van der Waals surface area (Å²) >= 11 is 0. The molecule has 0 spiro atoms. The number of pyridine rings is 1. The number of rotatable bonds is 5. The van der Waals surface area contributed by atoms with Crippen LogP contribution in [-0.2, 0) is 0 Å². The van der Waals surface area contributed by atoms with E-state index >= 15 is 4.39 Å². The molecule has 9 rings (SSSR count). The van der Waals surface area contributed by atoms with Crippen LogP contribution in [0.15, 0.2) is 30.5 Å². The van der Waals surface area contributed by atoms with Gasteiger partial charge in [-0.25, -0.2) is 8.78 Å². The Labute approximate surface area is 244 Å². The van der Waals surface area contributed by atoms with Gasteiger partial charge in [-0.1, -0.05) is 12.0 Å². The Hall–Kier alpha value is -4.07. The molecule has 0 saturated carbocycles. The molecule has 2 atom stereocenters. The largest absolute Gasteiger partial charge is 0.508 e. The smallest absolute Gasteiger partial charge is 0.319 e. The van der Waals surface area contributed by atoms with Gasteiger partial charge >= 0.3 is 6.01 Å². The Bertz CT molecular complexity index is 1870. The number of piperidine rings is 1. The average Bonchev–Trinajstić information content (AvgIpc) is 3.60. The van der Waals surface area contributed by atoms with Crippen molar-refractivity contribution in [2.24, 2.45) is 0 Å². The highest BCUT2D eigenvalue weighted by molar-refractivity contribution is 6.03. The summed E-state index contributed by atoms with van der Waals surface area (Å²) in [6, 6.07) is 5.68. The highest BCUT2D eigenvalue weighted by Gasteiger charge is 2.45. The van der Waals surface area contributed by atoms with E-state index in [1.165, 1.54) is 30.5 Å². The van der Waals surface area contributed by atoms with Gasteiger partial charge < -0.3 is 20.1 Å². The minimum atomic E-state index is -2.12. The van der Waals surface area contributed by atoms with E-state index in [0.29, 0.717) is 42.5 Å². The third-order valence-corrected chi connectivity index (χ3v) is 9.29. The van der Waals surface area contributed by atoms with Gasteiger partial charge in [-0.2, -0.15) is 9.97 Å². The van der Waals surface area contributed by atoms with Crippen molar-refractivity contribution in [3.8, 4) is 35.4 Å². The fourth-order valence-corrected chi connectivity index (χ4v) is 7.35. The number of ether oxygens (including phenoxy) is 1. The number of piperazine rings is 1. The number of phenolic OH excluding ortho intramolecular Hbond substituents is 1. The molecule has 0 aliphatic carbocycles. The maximum Gasteiger partial charge on any atom is 0.319 e. The Morgan fingerprint density at radius 3 is 2.67 bits per heavy atom. The standard InChI is InChI=1S/C32H30F2N6O2/c1-2-22-25(33)6-5-18-11-21(41)13-23(26(18)22)28-27(34)29-24(14-35-28)30(39-15-19-12-20(16-39)36-19)38-31(37-29)42-17-32-7-3-9-40(32)10-4-8-32/h1,5-6,11,13-14,19-20,36,41H,3-4,7-10,12,15-17H2/i17D2. The number of halogens is 2. The van der Waals surface area contributed by atoms with Gasteiger partial charge in [0.1, 0.15) is 35.2 Å². The van der Waals surface area contributed by atoms with Crippen LogP contribution in [0.2, 0.25) is 0 Å². The molecule has 42 heavy (non-hydrogen) atoms. The Kier molecular flexibility index (Phi) is 5.30. The fourth-order valence-electron chi connectivity index (χ4n) is 7.35. The lowest BCUT2D eigenvalue weighted by atomic mass is 9.91. The number of terminal acetylenes is 1. The number of nitrogens with zero attached hydrogens (tertiary/aromatic N) is 5. The number of aromatic hydroxyl groups is 1. The number of hydrogen-bond donors (Lipinski definition) is 2. The molecule has 2 aromatic carbocycles. The lowest BCUT2D eigenvalue weighted by Crippen LogP contribution is -2.67. The molecule has 2 bridgehead atoms. The predicted molar refractivity (Wildman–Crippen MR) is 156 cm³/mol. The van der Waals surface area contributed by atoms with Crippen molar-refractivity contribution in [3.63, 3.8) is 0 Å². The fraction of sp³-hybridized carbons (Fsp3) is 0.406. The molecule has 214 valence electrons. The number of hydrogen-bond acceptors (Lipinski definition) is 8. The molecule has 7 heterocycles. The summed E-state index contributed by atoms with van der Waals surface area (Å²) in [6.07, 6.45) is 11.2. The second kappa shape index (κ2) is 9.48. The van der Waals surface area contributed by atoms with E-state index in [4.69, 9.17) is 13.9 Å². The summed E-state index contributed by atoms with van der Waals surface area (Å²) in [4.78, 5) is 17.8. The minimum Gasteiger partial charge on any atom is -0.508 e.